The number of unbranched alkanes of at least 4 members (excludes halogenated alkanes) is 1. The summed E-state index contributed by atoms with van der Waals surface area (Å²) in [4.78, 5) is 65.5. The number of aliphatic imine (C=N–C) groups is 1. The Kier molecular flexibility index (Phi) is 19.3. The van der Waals surface area contributed by atoms with Crippen LogP contribution in [0.15, 0.2) is 47.5 Å². The molecule has 0 aliphatic carbocycles. The number of amides is 4. The molecule has 0 heterocycles. The molecule has 4 unspecified atom stereocenters. The summed E-state index contributed by atoms with van der Waals surface area (Å²) < 4.78 is 31.7. The van der Waals surface area contributed by atoms with Crippen LogP contribution in [0.1, 0.15) is 54.4 Å². The summed E-state index contributed by atoms with van der Waals surface area (Å²) in [6.07, 6.45) is -2.81. The van der Waals surface area contributed by atoms with E-state index in [-0.39, 0.29) is 43.9 Å². The summed E-state index contributed by atoms with van der Waals surface area (Å²) in [5.41, 5.74) is 31.1. The first kappa shape index (κ1) is 45.6. The van der Waals surface area contributed by atoms with Crippen LogP contribution in [0.5, 0.6) is 5.75 Å². The zero-order chi connectivity index (χ0) is 40.3. The Bertz CT molecular complexity index is 1530. The lowest BCUT2D eigenvalue weighted by molar-refractivity contribution is -0.192. The number of nitrogens with one attached hydrogen (secondary N) is 3. The number of carbonyl (C=O) groups is 5. The normalized spacial score (nSPS) is 13.2. The van der Waals surface area contributed by atoms with Crippen LogP contribution >= 0.6 is 0 Å². The van der Waals surface area contributed by atoms with Crippen molar-refractivity contribution in [3.05, 3.63) is 64.7 Å². The van der Waals surface area contributed by atoms with Gasteiger partial charge in [-0.25, -0.2) is 4.79 Å². The Morgan fingerprint density at radius 1 is 0.792 bits per heavy atom. The molecule has 0 aliphatic heterocycles. The number of hydrogen-bond donors (Lipinski definition) is 10. The number of phenolic OH excluding ortho intramolecular Hbond substituents is 1. The van der Waals surface area contributed by atoms with Crippen LogP contribution in [0.25, 0.3) is 0 Å². The highest BCUT2D eigenvalue weighted by Gasteiger charge is 2.38. The van der Waals surface area contributed by atoms with Crippen molar-refractivity contribution in [3.63, 3.8) is 0 Å². The number of aromatic hydroxyl groups is 1. The number of benzene rings is 2. The van der Waals surface area contributed by atoms with Crippen molar-refractivity contribution in [3.8, 4) is 5.75 Å². The Balaban J connectivity index is 0.00000181. The number of rotatable bonds is 19. The van der Waals surface area contributed by atoms with Gasteiger partial charge in [-0.05, 0) is 86.9 Å². The van der Waals surface area contributed by atoms with Gasteiger partial charge in [0.25, 0.3) is 0 Å². The fourth-order valence-electron chi connectivity index (χ4n) is 5.01. The number of carboxylic acids is 1. The Morgan fingerprint density at radius 3 is 1.83 bits per heavy atom. The molecule has 0 aliphatic rings. The molecular weight excluding hydrogens is 703 g/mol. The minimum absolute atomic E-state index is 0.0608. The maximum Gasteiger partial charge on any atom is 0.490 e. The third-order valence-electron chi connectivity index (χ3n) is 7.79. The van der Waals surface area contributed by atoms with Gasteiger partial charge in [-0.3, -0.25) is 24.2 Å². The molecule has 19 heteroatoms. The number of primary amides is 1. The van der Waals surface area contributed by atoms with E-state index < -0.39 is 59.9 Å². The number of hydrogen-bond acceptors (Lipinski definition) is 9. The number of carbonyl (C=O) groups excluding carboxylic acids is 4. The summed E-state index contributed by atoms with van der Waals surface area (Å²) in [5.74, 6) is -5.26. The maximum absolute atomic E-state index is 13.8. The third kappa shape index (κ3) is 17.6. The molecule has 294 valence electrons. The monoisotopic (exact) mass is 753 g/mol. The molecule has 53 heavy (non-hydrogen) atoms. The minimum atomic E-state index is -5.08. The lowest BCUT2D eigenvalue weighted by Crippen LogP contribution is -2.58. The van der Waals surface area contributed by atoms with Gasteiger partial charge in [0.2, 0.25) is 23.6 Å². The van der Waals surface area contributed by atoms with Gasteiger partial charge in [-0.1, -0.05) is 30.3 Å². The number of alkyl halides is 3. The zero-order valence-corrected chi connectivity index (χ0v) is 29.6. The first-order valence-corrected chi connectivity index (χ1v) is 16.6. The molecule has 2 aromatic rings. The predicted molar refractivity (Wildman–Crippen MR) is 191 cm³/mol. The van der Waals surface area contributed by atoms with Gasteiger partial charge < -0.3 is 54.8 Å². The molecule has 0 saturated carbocycles. The van der Waals surface area contributed by atoms with Gasteiger partial charge in [0.1, 0.15) is 23.9 Å². The zero-order valence-electron chi connectivity index (χ0n) is 29.6. The fraction of sp³-hybridized carbons (Fsp3) is 0.471. The smallest absolute Gasteiger partial charge is 0.490 e. The maximum atomic E-state index is 13.8. The predicted octanol–water partition coefficient (Wildman–Crippen LogP) is -0.123. The van der Waals surface area contributed by atoms with E-state index in [4.69, 9.17) is 38.6 Å². The number of phenols is 1. The number of carboxylic acid groups (broad SMARTS) is 1. The summed E-state index contributed by atoms with van der Waals surface area (Å²) in [5, 5.41) is 25.3. The van der Waals surface area contributed by atoms with E-state index >= 15 is 0 Å². The minimum Gasteiger partial charge on any atom is -0.508 e. The molecule has 2 aromatic carbocycles. The average Bonchev–Trinajstić information content (AvgIpc) is 3.06. The fourth-order valence-corrected chi connectivity index (χ4v) is 5.01. The van der Waals surface area contributed by atoms with Crippen molar-refractivity contribution >= 4 is 35.6 Å². The molecular formula is C34H50F3N9O7. The molecule has 2 rings (SSSR count). The largest absolute Gasteiger partial charge is 0.508 e. The second-order valence-corrected chi connectivity index (χ2v) is 12.2. The molecule has 0 spiro atoms. The van der Waals surface area contributed by atoms with Crippen LogP contribution in [0.4, 0.5) is 13.2 Å². The summed E-state index contributed by atoms with van der Waals surface area (Å²) in [7, 11) is 0. The summed E-state index contributed by atoms with van der Waals surface area (Å²) in [6, 6.07) is 8.07. The summed E-state index contributed by atoms with van der Waals surface area (Å²) in [6.45, 7) is 4.25. The highest BCUT2D eigenvalue weighted by atomic mass is 19.4. The SMILES string of the molecule is Cc1cc(O)cc(C)c1CC(NC(=O)C(N)CCCN=C(N)N)C(=O)NC(CCCCN)C(=O)NC(Cc1ccccc1)C(N)=O.O=C(O)C(F)(F)F. The third-order valence-corrected chi connectivity index (χ3v) is 7.79. The van der Waals surface area contributed by atoms with Gasteiger partial charge in [-0.15, -0.1) is 0 Å². The number of guanidine groups is 1. The van der Waals surface area contributed by atoms with E-state index in [1.807, 2.05) is 30.3 Å². The number of halogens is 3. The second-order valence-electron chi connectivity index (χ2n) is 12.2. The van der Waals surface area contributed by atoms with Crippen LogP contribution in [0.2, 0.25) is 0 Å². The Labute approximate surface area is 305 Å². The molecule has 0 aromatic heterocycles. The van der Waals surface area contributed by atoms with Crippen LogP contribution < -0.4 is 44.6 Å². The molecule has 0 saturated heterocycles. The standard InChI is InChI=1S/C32H49N9O5.C2HF3O2/c1-19-15-22(42)16-20(2)23(19)18-27(41-29(44)24(34)11-8-14-38-32(36)37)31(46)39-25(12-6-7-13-33)30(45)40-26(28(35)43)17-21-9-4-3-5-10-21;3-2(4,5)1(6)7/h3-5,9-10,15-16,24-27,42H,6-8,11-14,17-18,33-34H2,1-2H3,(H2,35,43)(H,39,46)(H,40,45)(H,41,44)(H4,36,37,38);(H,6,7). The Hall–Kier alpha value is -5.43. The first-order valence-electron chi connectivity index (χ1n) is 16.6. The molecule has 0 fully saturated rings. The highest BCUT2D eigenvalue weighted by Crippen LogP contribution is 2.22. The topological polar surface area (TPSA) is 304 Å². The van der Waals surface area contributed by atoms with Crippen LogP contribution in [0, 0.1) is 13.8 Å². The van der Waals surface area contributed by atoms with Gasteiger partial charge in [0, 0.05) is 19.4 Å². The van der Waals surface area contributed by atoms with Crippen molar-refractivity contribution in [1.82, 2.24) is 16.0 Å². The Morgan fingerprint density at radius 2 is 1.32 bits per heavy atom. The van der Waals surface area contributed by atoms with E-state index in [1.54, 1.807) is 26.0 Å². The lowest BCUT2D eigenvalue weighted by atomic mass is 9.95. The van der Waals surface area contributed by atoms with Gasteiger partial charge in [-0.2, -0.15) is 13.2 Å². The van der Waals surface area contributed by atoms with Gasteiger partial charge in [0.05, 0.1) is 6.04 Å². The number of aliphatic carboxylic acids is 1. The van der Waals surface area contributed by atoms with Crippen LogP contribution in [-0.4, -0.2) is 89.2 Å². The molecule has 16 nitrogen and oxygen atoms in total. The second kappa shape index (κ2) is 22.5. The van der Waals surface area contributed by atoms with Gasteiger partial charge in [0.15, 0.2) is 5.96 Å². The first-order chi connectivity index (χ1) is 24.8. The molecule has 4 atom stereocenters. The number of nitrogens with two attached hydrogens (primary N) is 5. The highest BCUT2D eigenvalue weighted by molar-refractivity contribution is 5.94. The van der Waals surface area contributed by atoms with E-state index in [9.17, 15) is 37.5 Å². The van der Waals surface area contributed by atoms with E-state index in [2.05, 4.69) is 20.9 Å². The van der Waals surface area contributed by atoms with Crippen molar-refractivity contribution < 1.29 is 47.4 Å². The van der Waals surface area contributed by atoms with Crippen molar-refractivity contribution in [1.29, 1.82) is 0 Å². The van der Waals surface area contributed by atoms with Crippen molar-refractivity contribution in [2.24, 2.45) is 33.7 Å². The quantitative estimate of drug-likeness (QED) is 0.0512. The molecule has 0 radical (unpaired) electrons. The number of aryl methyl sites for hydroxylation is 2. The van der Waals surface area contributed by atoms with E-state index in [1.165, 1.54) is 0 Å². The molecule has 15 N–H and O–H groups in total. The number of nitrogens with zero attached hydrogens (tertiary/aromatic N) is 1. The molecule has 4 amide bonds. The van der Waals surface area contributed by atoms with Crippen LogP contribution in [0.3, 0.4) is 0 Å². The molecule has 0 bridgehead atoms. The van der Waals surface area contributed by atoms with Crippen molar-refractivity contribution in [2.75, 3.05) is 13.1 Å². The lowest BCUT2D eigenvalue weighted by Gasteiger charge is -2.26. The van der Waals surface area contributed by atoms with E-state index in [0.717, 1.165) is 11.1 Å². The van der Waals surface area contributed by atoms with Gasteiger partial charge >= 0.3 is 12.1 Å². The van der Waals surface area contributed by atoms with Crippen LogP contribution in [-0.2, 0) is 36.8 Å². The van der Waals surface area contributed by atoms with E-state index in [0.29, 0.717) is 36.9 Å². The average molecular weight is 754 g/mol. The van der Waals surface area contributed by atoms with Crippen molar-refractivity contribution in [2.45, 2.75) is 89.1 Å². The summed E-state index contributed by atoms with van der Waals surface area (Å²) >= 11 is 0.